The third-order valence-electron chi connectivity index (χ3n) is 4.53. The number of nitrogens with zero attached hydrogens (tertiary/aromatic N) is 1. The third-order valence-corrected chi connectivity index (χ3v) is 4.53. The lowest BCUT2D eigenvalue weighted by Crippen LogP contribution is -2.52. The Labute approximate surface area is 128 Å². The van der Waals surface area contributed by atoms with E-state index in [2.05, 4.69) is 18.7 Å². The Bertz CT molecular complexity index is 312. The van der Waals surface area contributed by atoms with E-state index in [1.807, 2.05) is 0 Å². The Kier molecular flexibility index (Phi) is 7.27. The zero-order valence-corrected chi connectivity index (χ0v) is 13.5. The number of amides is 1. The normalized spacial score (nSPS) is 30.4. The van der Waals surface area contributed by atoms with Crippen molar-refractivity contribution in [2.75, 3.05) is 26.3 Å². The van der Waals surface area contributed by atoms with Crippen LogP contribution in [0, 0.1) is 17.8 Å². The predicted octanol–water partition coefficient (Wildman–Crippen LogP) is 2.06. The lowest BCUT2D eigenvalue weighted by molar-refractivity contribution is -0.146. The zero-order valence-electron chi connectivity index (χ0n) is 12.7. The van der Waals surface area contributed by atoms with Gasteiger partial charge in [-0.05, 0) is 37.6 Å². The zero-order chi connectivity index (χ0) is 13.8. The van der Waals surface area contributed by atoms with Crippen molar-refractivity contribution in [1.82, 2.24) is 4.90 Å². The summed E-state index contributed by atoms with van der Waals surface area (Å²) < 4.78 is 5.56. The summed E-state index contributed by atoms with van der Waals surface area (Å²) >= 11 is 0. The fraction of sp³-hybridized carbons (Fsp3) is 0.933. The number of rotatable bonds is 4. The fourth-order valence-electron chi connectivity index (χ4n) is 3.54. The first-order valence-electron chi connectivity index (χ1n) is 7.71. The quantitative estimate of drug-likeness (QED) is 0.865. The molecule has 118 valence electrons. The van der Waals surface area contributed by atoms with Crippen LogP contribution in [0.4, 0.5) is 0 Å². The lowest BCUT2D eigenvalue weighted by Gasteiger charge is -2.38. The molecule has 0 bridgehead atoms. The average Bonchev–Trinajstić information content (AvgIpc) is 2.86. The van der Waals surface area contributed by atoms with Crippen LogP contribution in [0.3, 0.4) is 0 Å². The summed E-state index contributed by atoms with van der Waals surface area (Å²) in [5.41, 5.74) is 5.81. The minimum Gasteiger partial charge on any atom is -0.377 e. The lowest BCUT2D eigenvalue weighted by atomic mass is 9.93. The number of ether oxygens (including phenoxy) is 1. The number of hydrogen-bond acceptors (Lipinski definition) is 3. The van der Waals surface area contributed by atoms with Crippen molar-refractivity contribution in [2.24, 2.45) is 23.5 Å². The summed E-state index contributed by atoms with van der Waals surface area (Å²) in [7, 11) is 0. The molecular weight excluding hydrogens is 276 g/mol. The number of nitrogens with two attached hydrogens (primary N) is 1. The molecule has 1 saturated carbocycles. The van der Waals surface area contributed by atoms with Crippen LogP contribution in [0.25, 0.3) is 0 Å². The first kappa shape index (κ1) is 17.7. The number of morpholine rings is 1. The van der Waals surface area contributed by atoms with Crippen LogP contribution in [-0.4, -0.2) is 43.2 Å². The van der Waals surface area contributed by atoms with Gasteiger partial charge in [-0.1, -0.05) is 20.3 Å². The van der Waals surface area contributed by atoms with Crippen molar-refractivity contribution in [3.8, 4) is 0 Å². The van der Waals surface area contributed by atoms with Crippen LogP contribution in [0.5, 0.6) is 0 Å². The van der Waals surface area contributed by atoms with Crippen molar-refractivity contribution in [3.05, 3.63) is 0 Å². The molecule has 2 rings (SSSR count). The van der Waals surface area contributed by atoms with Crippen molar-refractivity contribution in [2.45, 2.75) is 45.6 Å². The Morgan fingerprint density at radius 1 is 1.40 bits per heavy atom. The molecular formula is C15H29ClN2O2. The van der Waals surface area contributed by atoms with Gasteiger partial charge >= 0.3 is 0 Å². The molecule has 0 aromatic carbocycles. The van der Waals surface area contributed by atoms with E-state index in [-0.39, 0.29) is 24.4 Å². The third kappa shape index (κ3) is 4.09. The van der Waals surface area contributed by atoms with Gasteiger partial charge in [0.15, 0.2) is 0 Å². The Morgan fingerprint density at radius 2 is 2.15 bits per heavy atom. The van der Waals surface area contributed by atoms with Crippen molar-refractivity contribution < 1.29 is 9.53 Å². The molecule has 1 unspecified atom stereocenters. The van der Waals surface area contributed by atoms with Crippen LogP contribution in [-0.2, 0) is 9.53 Å². The molecule has 0 aromatic rings. The molecule has 5 heteroatoms. The Balaban J connectivity index is 0.00000200. The maximum absolute atomic E-state index is 12.8. The van der Waals surface area contributed by atoms with Gasteiger partial charge in [0, 0.05) is 12.5 Å². The smallest absolute Gasteiger partial charge is 0.226 e. The van der Waals surface area contributed by atoms with Crippen molar-refractivity contribution in [1.29, 1.82) is 0 Å². The fourth-order valence-corrected chi connectivity index (χ4v) is 3.54. The van der Waals surface area contributed by atoms with Gasteiger partial charge in [0.1, 0.15) is 0 Å². The summed E-state index contributed by atoms with van der Waals surface area (Å²) in [4.78, 5) is 14.9. The second-order valence-electron chi connectivity index (χ2n) is 6.42. The molecule has 1 aliphatic carbocycles. The second kappa shape index (κ2) is 8.20. The van der Waals surface area contributed by atoms with E-state index < -0.39 is 0 Å². The summed E-state index contributed by atoms with van der Waals surface area (Å²) in [6.45, 7) is 7.19. The summed E-state index contributed by atoms with van der Waals surface area (Å²) in [5, 5.41) is 0. The monoisotopic (exact) mass is 304 g/mol. The first-order chi connectivity index (χ1) is 9.13. The molecule has 0 radical (unpaired) electrons. The largest absolute Gasteiger partial charge is 0.377 e. The van der Waals surface area contributed by atoms with Gasteiger partial charge in [-0.15, -0.1) is 12.4 Å². The van der Waals surface area contributed by atoms with Crippen LogP contribution in [0.2, 0.25) is 0 Å². The van der Waals surface area contributed by atoms with Gasteiger partial charge < -0.3 is 15.4 Å². The van der Waals surface area contributed by atoms with Gasteiger partial charge in [0.25, 0.3) is 0 Å². The van der Waals surface area contributed by atoms with Crippen molar-refractivity contribution >= 4 is 18.3 Å². The predicted molar refractivity (Wildman–Crippen MR) is 82.9 cm³/mol. The highest BCUT2D eigenvalue weighted by atomic mass is 35.5. The van der Waals surface area contributed by atoms with E-state index in [0.717, 1.165) is 32.2 Å². The minimum absolute atomic E-state index is 0. The highest BCUT2D eigenvalue weighted by Gasteiger charge is 2.38. The van der Waals surface area contributed by atoms with E-state index in [1.54, 1.807) is 0 Å². The molecule has 0 aromatic heterocycles. The molecule has 3 atom stereocenters. The SMILES string of the molecule is CC(C)CC1COCCN1C(=O)[C@@H]1CCC[C@@H]1CN.Cl. The molecule has 4 nitrogen and oxygen atoms in total. The van der Waals surface area contributed by atoms with Crippen LogP contribution in [0.15, 0.2) is 0 Å². The van der Waals surface area contributed by atoms with Gasteiger partial charge in [-0.25, -0.2) is 0 Å². The standard InChI is InChI=1S/C15H28N2O2.ClH/c1-11(2)8-13-10-19-7-6-17(13)15(18)14-5-3-4-12(14)9-16;/h11-14H,3-10,16H2,1-2H3;1H/t12-,13?,14-;/m1./s1. The van der Waals surface area contributed by atoms with Crippen LogP contribution < -0.4 is 5.73 Å². The average molecular weight is 305 g/mol. The number of halogens is 1. The van der Waals surface area contributed by atoms with E-state index >= 15 is 0 Å². The van der Waals surface area contributed by atoms with Gasteiger partial charge in [0.2, 0.25) is 5.91 Å². The topological polar surface area (TPSA) is 55.6 Å². The van der Waals surface area contributed by atoms with Gasteiger partial charge in [-0.2, -0.15) is 0 Å². The molecule has 2 N–H and O–H groups in total. The number of hydrogen-bond donors (Lipinski definition) is 1. The molecule has 0 spiro atoms. The van der Waals surface area contributed by atoms with Crippen molar-refractivity contribution in [3.63, 3.8) is 0 Å². The number of carbonyl (C=O) groups excluding carboxylic acids is 1. The Hall–Kier alpha value is -0.320. The highest BCUT2D eigenvalue weighted by Crippen LogP contribution is 2.33. The van der Waals surface area contributed by atoms with Crippen LogP contribution in [0.1, 0.15) is 39.5 Å². The first-order valence-corrected chi connectivity index (χ1v) is 7.71. The van der Waals surface area contributed by atoms with Gasteiger partial charge in [-0.3, -0.25) is 4.79 Å². The van der Waals surface area contributed by atoms with Gasteiger partial charge in [0.05, 0.1) is 19.3 Å². The van der Waals surface area contributed by atoms with E-state index in [4.69, 9.17) is 10.5 Å². The summed E-state index contributed by atoms with van der Waals surface area (Å²) in [6.07, 6.45) is 4.32. The molecule has 2 aliphatic rings. The van der Waals surface area contributed by atoms with E-state index in [0.29, 0.717) is 37.5 Å². The maximum Gasteiger partial charge on any atom is 0.226 e. The summed E-state index contributed by atoms with van der Waals surface area (Å²) in [5.74, 6) is 1.49. The molecule has 1 aliphatic heterocycles. The molecule has 1 amide bonds. The second-order valence-corrected chi connectivity index (χ2v) is 6.42. The van der Waals surface area contributed by atoms with Crippen LogP contribution >= 0.6 is 12.4 Å². The van der Waals surface area contributed by atoms with E-state index in [1.165, 1.54) is 0 Å². The minimum atomic E-state index is 0. The summed E-state index contributed by atoms with van der Waals surface area (Å²) in [6, 6.07) is 0.264. The highest BCUT2D eigenvalue weighted by molar-refractivity contribution is 5.85. The number of carbonyl (C=O) groups is 1. The molecule has 2 fully saturated rings. The Morgan fingerprint density at radius 3 is 2.80 bits per heavy atom. The molecule has 1 heterocycles. The van der Waals surface area contributed by atoms with E-state index in [9.17, 15) is 4.79 Å². The molecule has 1 saturated heterocycles. The molecule has 20 heavy (non-hydrogen) atoms. The maximum atomic E-state index is 12.8.